The number of nitriles is 1. The van der Waals surface area contributed by atoms with Gasteiger partial charge in [0.05, 0.1) is 12.5 Å². The molecule has 0 aliphatic carbocycles. The fourth-order valence-electron chi connectivity index (χ4n) is 1.69. The van der Waals surface area contributed by atoms with E-state index in [4.69, 9.17) is 10.00 Å². The molecule has 0 amide bonds. The molecule has 2 aromatic rings. The Morgan fingerprint density at radius 2 is 1.95 bits per heavy atom. The maximum absolute atomic E-state index is 10.8. The highest BCUT2D eigenvalue weighted by Crippen LogP contribution is 2.26. The molecule has 2 aromatic carbocycles. The van der Waals surface area contributed by atoms with Crippen LogP contribution in [0, 0.1) is 18.3 Å². The lowest BCUT2D eigenvalue weighted by Gasteiger charge is -2.09. The molecule has 19 heavy (non-hydrogen) atoms. The highest BCUT2D eigenvalue weighted by atomic mass is 16.5. The predicted octanol–water partition coefficient (Wildman–Crippen LogP) is 3.67. The molecule has 0 fully saturated rings. The summed E-state index contributed by atoms with van der Waals surface area (Å²) in [5.41, 5.74) is 2.50. The minimum absolute atomic E-state index is 0.389. The van der Waals surface area contributed by atoms with Gasteiger partial charge in [-0.1, -0.05) is 24.3 Å². The largest absolute Gasteiger partial charge is 0.457 e. The molecule has 0 radical (unpaired) electrons. The second-order valence-corrected chi connectivity index (χ2v) is 4.22. The fraction of sp³-hybridized carbons (Fsp3) is 0.125. The van der Waals surface area contributed by atoms with E-state index in [1.165, 1.54) is 0 Å². The highest BCUT2D eigenvalue weighted by molar-refractivity contribution is 5.75. The van der Waals surface area contributed by atoms with Crippen LogP contribution >= 0.6 is 0 Å². The Labute approximate surface area is 112 Å². The molecule has 3 nitrogen and oxygen atoms in total. The van der Waals surface area contributed by atoms with Crippen LogP contribution in [-0.4, -0.2) is 6.29 Å². The minimum Gasteiger partial charge on any atom is -0.457 e. The first-order valence-electron chi connectivity index (χ1n) is 5.92. The highest BCUT2D eigenvalue weighted by Gasteiger charge is 2.03. The molecule has 0 N–H and O–H groups in total. The molecule has 0 spiro atoms. The Morgan fingerprint density at radius 1 is 1.21 bits per heavy atom. The van der Waals surface area contributed by atoms with E-state index in [2.05, 4.69) is 6.07 Å². The summed E-state index contributed by atoms with van der Waals surface area (Å²) in [6.45, 7) is 1.92. The summed E-state index contributed by atoms with van der Waals surface area (Å²) in [7, 11) is 0. The molecule has 0 aliphatic rings. The molecule has 0 saturated heterocycles. The molecule has 94 valence electrons. The van der Waals surface area contributed by atoms with Gasteiger partial charge in [-0.05, 0) is 36.2 Å². The molecule has 0 aliphatic heterocycles. The summed E-state index contributed by atoms with van der Waals surface area (Å²) < 4.78 is 5.74. The molecular weight excluding hydrogens is 238 g/mol. The number of carbonyl (C=O) groups excluding carboxylic acids is 1. The van der Waals surface area contributed by atoms with E-state index < -0.39 is 0 Å². The molecule has 0 saturated carbocycles. The van der Waals surface area contributed by atoms with E-state index in [9.17, 15) is 4.79 Å². The van der Waals surface area contributed by atoms with Crippen LogP contribution in [0.1, 0.15) is 21.5 Å². The zero-order chi connectivity index (χ0) is 13.7. The number of ether oxygens (including phenoxy) is 1. The van der Waals surface area contributed by atoms with Crippen molar-refractivity contribution >= 4 is 6.29 Å². The van der Waals surface area contributed by atoms with Gasteiger partial charge in [-0.15, -0.1) is 0 Å². The summed E-state index contributed by atoms with van der Waals surface area (Å²) in [5.74, 6) is 1.35. The number of hydrogen-bond donors (Lipinski definition) is 0. The normalized spacial score (nSPS) is 9.68. The van der Waals surface area contributed by atoms with Crippen molar-refractivity contribution in [2.75, 3.05) is 0 Å². The predicted molar refractivity (Wildman–Crippen MR) is 72.4 cm³/mol. The van der Waals surface area contributed by atoms with E-state index in [0.717, 1.165) is 17.4 Å². The van der Waals surface area contributed by atoms with Crippen LogP contribution in [-0.2, 0) is 6.42 Å². The van der Waals surface area contributed by atoms with Gasteiger partial charge in [0.15, 0.2) is 0 Å². The van der Waals surface area contributed by atoms with Gasteiger partial charge in [0, 0.05) is 5.56 Å². The number of hydrogen-bond acceptors (Lipinski definition) is 3. The van der Waals surface area contributed by atoms with Crippen molar-refractivity contribution in [3.63, 3.8) is 0 Å². The maximum Gasteiger partial charge on any atom is 0.150 e. The number of aryl methyl sites for hydroxylation is 1. The summed E-state index contributed by atoms with van der Waals surface area (Å²) in [6.07, 6.45) is 1.18. The number of aldehydes is 1. The van der Waals surface area contributed by atoms with Gasteiger partial charge in [-0.25, -0.2) is 0 Å². The lowest BCUT2D eigenvalue weighted by atomic mass is 10.1. The van der Waals surface area contributed by atoms with Crippen molar-refractivity contribution in [2.45, 2.75) is 13.3 Å². The number of benzene rings is 2. The van der Waals surface area contributed by atoms with Crippen LogP contribution in [0.3, 0.4) is 0 Å². The zero-order valence-corrected chi connectivity index (χ0v) is 10.6. The summed E-state index contributed by atoms with van der Waals surface area (Å²) >= 11 is 0. The number of rotatable bonds is 4. The average molecular weight is 251 g/mol. The van der Waals surface area contributed by atoms with E-state index in [-0.39, 0.29) is 0 Å². The summed E-state index contributed by atoms with van der Waals surface area (Å²) in [6, 6.07) is 14.8. The van der Waals surface area contributed by atoms with Crippen molar-refractivity contribution in [2.24, 2.45) is 0 Å². The van der Waals surface area contributed by atoms with Gasteiger partial charge in [0.25, 0.3) is 0 Å². The molecule has 0 heterocycles. The van der Waals surface area contributed by atoms with Crippen LogP contribution in [0.25, 0.3) is 0 Å². The van der Waals surface area contributed by atoms with Gasteiger partial charge < -0.3 is 4.74 Å². The monoisotopic (exact) mass is 251 g/mol. The third-order valence-corrected chi connectivity index (χ3v) is 2.78. The summed E-state index contributed by atoms with van der Waals surface area (Å²) in [5, 5.41) is 8.60. The SMILES string of the molecule is Cc1ccc(C=O)cc1Oc1ccc(CC#N)cc1. The number of carbonyl (C=O) groups is 1. The molecule has 0 bridgehead atoms. The van der Waals surface area contributed by atoms with Gasteiger partial charge in [-0.3, -0.25) is 4.79 Å². The topological polar surface area (TPSA) is 50.1 Å². The average Bonchev–Trinajstić information content (AvgIpc) is 2.44. The Kier molecular flexibility index (Phi) is 3.94. The molecule has 2 rings (SSSR count). The van der Waals surface area contributed by atoms with Crippen LogP contribution in [0.5, 0.6) is 11.5 Å². The third kappa shape index (κ3) is 3.20. The fourth-order valence-corrected chi connectivity index (χ4v) is 1.69. The van der Waals surface area contributed by atoms with Crippen molar-refractivity contribution in [3.8, 4) is 17.6 Å². The Hall–Kier alpha value is -2.60. The van der Waals surface area contributed by atoms with Gasteiger partial charge >= 0.3 is 0 Å². The van der Waals surface area contributed by atoms with Crippen molar-refractivity contribution in [3.05, 3.63) is 59.2 Å². The van der Waals surface area contributed by atoms with Crippen molar-refractivity contribution in [1.29, 1.82) is 5.26 Å². The zero-order valence-electron chi connectivity index (χ0n) is 10.6. The second kappa shape index (κ2) is 5.83. The molecular formula is C16H13NO2. The summed E-state index contributed by atoms with van der Waals surface area (Å²) in [4.78, 5) is 10.8. The van der Waals surface area contributed by atoms with Gasteiger partial charge in [0.1, 0.15) is 17.8 Å². The molecule has 0 atom stereocenters. The molecule has 0 aromatic heterocycles. The third-order valence-electron chi connectivity index (χ3n) is 2.78. The number of nitrogens with zero attached hydrogens (tertiary/aromatic N) is 1. The van der Waals surface area contributed by atoms with E-state index in [0.29, 0.717) is 23.5 Å². The van der Waals surface area contributed by atoms with Crippen LogP contribution < -0.4 is 4.74 Å². The second-order valence-electron chi connectivity index (χ2n) is 4.22. The Balaban J connectivity index is 2.21. The molecule has 3 heteroatoms. The first-order chi connectivity index (χ1) is 9.22. The minimum atomic E-state index is 0.389. The van der Waals surface area contributed by atoms with Crippen LogP contribution in [0.2, 0.25) is 0 Å². The van der Waals surface area contributed by atoms with Crippen molar-refractivity contribution < 1.29 is 9.53 Å². The Morgan fingerprint density at radius 3 is 2.58 bits per heavy atom. The lowest BCUT2D eigenvalue weighted by Crippen LogP contribution is -1.90. The lowest BCUT2D eigenvalue weighted by molar-refractivity contribution is 0.112. The first-order valence-corrected chi connectivity index (χ1v) is 5.92. The van der Waals surface area contributed by atoms with Gasteiger partial charge in [-0.2, -0.15) is 5.26 Å². The molecule has 0 unspecified atom stereocenters. The smallest absolute Gasteiger partial charge is 0.150 e. The quantitative estimate of drug-likeness (QED) is 0.779. The Bertz CT molecular complexity index is 624. The van der Waals surface area contributed by atoms with Gasteiger partial charge in [0.2, 0.25) is 0 Å². The van der Waals surface area contributed by atoms with Crippen molar-refractivity contribution in [1.82, 2.24) is 0 Å². The van der Waals surface area contributed by atoms with Crippen LogP contribution in [0.15, 0.2) is 42.5 Å². The van der Waals surface area contributed by atoms with E-state index >= 15 is 0 Å². The van der Waals surface area contributed by atoms with E-state index in [1.807, 2.05) is 37.3 Å². The van der Waals surface area contributed by atoms with Crippen LogP contribution in [0.4, 0.5) is 0 Å². The first kappa shape index (κ1) is 12.8. The van der Waals surface area contributed by atoms with E-state index in [1.54, 1.807) is 12.1 Å². The maximum atomic E-state index is 10.8. The standard InChI is InChI=1S/C16H13NO2/c1-12-2-3-14(11-18)10-16(12)19-15-6-4-13(5-7-15)8-9-17/h2-7,10-11H,8H2,1H3.